The molecule has 2 rings (SSSR count). The number of carbonyl (C=O) groups excluding carboxylic acids is 1. The first kappa shape index (κ1) is 12.1. The molecule has 1 aliphatic heterocycles. The van der Waals surface area contributed by atoms with Crippen LogP contribution in [0.15, 0.2) is 30.3 Å². The number of benzene rings is 1. The minimum Gasteiger partial charge on any atom is -0.357 e. The normalized spacial score (nSPS) is 29.2. The predicted octanol–water partition coefficient (Wildman–Crippen LogP) is 1.15. The summed E-state index contributed by atoms with van der Waals surface area (Å²) >= 11 is 0. The minimum absolute atomic E-state index is 0.0221. The third-order valence-electron chi connectivity index (χ3n) is 3.29. The first-order valence-corrected chi connectivity index (χ1v) is 5.79. The van der Waals surface area contributed by atoms with Gasteiger partial charge >= 0.3 is 0 Å². The van der Waals surface area contributed by atoms with Crippen molar-refractivity contribution in [3.8, 4) is 0 Å². The summed E-state index contributed by atoms with van der Waals surface area (Å²) in [5.41, 5.74) is 1.10. The van der Waals surface area contributed by atoms with Crippen LogP contribution in [-0.4, -0.2) is 37.2 Å². The van der Waals surface area contributed by atoms with Gasteiger partial charge in [0, 0.05) is 7.05 Å². The molecule has 1 amide bonds. The van der Waals surface area contributed by atoms with Gasteiger partial charge in [0.05, 0.1) is 6.04 Å². The number of rotatable bonds is 2. The maximum absolute atomic E-state index is 11.8. The van der Waals surface area contributed by atoms with Gasteiger partial charge in [-0.1, -0.05) is 30.3 Å². The van der Waals surface area contributed by atoms with Crippen molar-refractivity contribution in [1.82, 2.24) is 10.2 Å². The molecule has 0 spiro atoms. The molecule has 1 aromatic rings. The van der Waals surface area contributed by atoms with Crippen molar-refractivity contribution in [2.45, 2.75) is 25.3 Å². The molecule has 92 valence electrons. The number of nitrogens with zero attached hydrogens (tertiary/aromatic N) is 1. The lowest BCUT2D eigenvalue weighted by Crippen LogP contribution is -2.37. The Bertz CT molecular complexity index is 394. The van der Waals surface area contributed by atoms with E-state index in [9.17, 15) is 4.79 Å². The third kappa shape index (κ3) is 2.18. The number of nitrogens with one attached hydrogen (secondary N) is 1. The molecule has 4 nitrogen and oxygen atoms in total. The Morgan fingerprint density at radius 1 is 1.35 bits per heavy atom. The lowest BCUT2D eigenvalue weighted by Gasteiger charge is -2.23. The molecule has 1 N–H and O–H groups in total. The van der Waals surface area contributed by atoms with E-state index in [2.05, 4.69) is 10.2 Å². The second-order valence-corrected chi connectivity index (χ2v) is 4.29. The molecule has 3 atom stereocenters. The maximum Gasteiger partial charge on any atom is 0.250 e. The van der Waals surface area contributed by atoms with Crippen LogP contribution >= 0.6 is 0 Å². The Labute approximate surface area is 102 Å². The van der Waals surface area contributed by atoms with Crippen LogP contribution in [0.4, 0.5) is 0 Å². The Kier molecular flexibility index (Phi) is 3.45. The van der Waals surface area contributed by atoms with Crippen LogP contribution in [-0.2, 0) is 9.53 Å². The van der Waals surface area contributed by atoms with Crippen molar-refractivity contribution in [2.75, 3.05) is 14.1 Å². The number of carbonyl (C=O) groups is 1. The average Bonchev–Trinajstić information content (AvgIpc) is 2.66. The van der Waals surface area contributed by atoms with Gasteiger partial charge in [-0.05, 0) is 19.5 Å². The zero-order valence-electron chi connectivity index (χ0n) is 10.4. The van der Waals surface area contributed by atoms with Gasteiger partial charge < -0.3 is 10.1 Å². The highest BCUT2D eigenvalue weighted by Gasteiger charge is 2.42. The van der Waals surface area contributed by atoms with Crippen molar-refractivity contribution >= 4 is 5.91 Å². The standard InChI is InChI=1S/C13H18N2O2/c1-9-15(3)11(10-7-5-4-6-8-10)12(17-9)13(16)14-2/h4-9,11-12H,1-3H3,(H,14,16)/t9-,11+,12+/m0/s1. The highest BCUT2D eigenvalue weighted by atomic mass is 16.5. The molecule has 0 saturated carbocycles. The van der Waals surface area contributed by atoms with E-state index in [0.29, 0.717) is 0 Å². The topological polar surface area (TPSA) is 41.6 Å². The number of hydrogen-bond donors (Lipinski definition) is 1. The summed E-state index contributed by atoms with van der Waals surface area (Å²) in [6.45, 7) is 1.96. The van der Waals surface area contributed by atoms with Gasteiger partial charge in [0.25, 0.3) is 5.91 Å². The van der Waals surface area contributed by atoms with Crippen molar-refractivity contribution in [3.63, 3.8) is 0 Å². The number of likely N-dealkylation sites (N-methyl/N-ethyl adjacent to an activating group) is 2. The molecule has 4 heteroatoms. The van der Waals surface area contributed by atoms with Crippen molar-refractivity contribution < 1.29 is 9.53 Å². The monoisotopic (exact) mass is 234 g/mol. The summed E-state index contributed by atoms with van der Waals surface area (Å²) in [6.07, 6.45) is -0.495. The van der Waals surface area contributed by atoms with Gasteiger partial charge in [-0.2, -0.15) is 0 Å². The second kappa shape index (κ2) is 4.85. The summed E-state index contributed by atoms with van der Waals surface area (Å²) in [5, 5.41) is 2.66. The highest BCUT2D eigenvalue weighted by Crippen LogP contribution is 2.34. The summed E-state index contributed by atoms with van der Waals surface area (Å²) in [6, 6.07) is 9.96. The van der Waals surface area contributed by atoms with Crippen LogP contribution in [0.5, 0.6) is 0 Å². The highest BCUT2D eigenvalue weighted by molar-refractivity contribution is 5.81. The molecule has 1 aromatic carbocycles. The fraction of sp³-hybridized carbons (Fsp3) is 0.462. The van der Waals surface area contributed by atoms with Crippen LogP contribution in [0.25, 0.3) is 0 Å². The van der Waals surface area contributed by atoms with E-state index in [0.717, 1.165) is 5.56 Å². The number of hydrogen-bond acceptors (Lipinski definition) is 3. The largest absolute Gasteiger partial charge is 0.357 e. The van der Waals surface area contributed by atoms with E-state index in [1.807, 2.05) is 44.3 Å². The molecule has 17 heavy (non-hydrogen) atoms. The van der Waals surface area contributed by atoms with Gasteiger partial charge in [0.2, 0.25) is 0 Å². The zero-order chi connectivity index (χ0) is 12.4. The zero-order valence-corrected chi connectivity index (χ0v) is 10.4. The molecule has 1 heterocycles. The molecule has 1 saturated heterocycles. The van der Waals surface area contributed by atoms with Crippen LogP contribution in [0, 0.1) is 0 Å². The van der Waals surface area contributed by atoms with Crippen molar-refractivity contribution in [2.24, 2.45) is 0 Å². The first-order chi connectivity index (χ1) is 8.15. The van der Waals surface area contributed by atoms with E-state index in [1.165, 1.54) is 0 Å². The van der Waals surface area contributed by atoms with E-state index in [1.54, 1.807) is 7.05 Å². The van der Waals surface area contributed by atoms with Gasteiger partial charge in [-0.3, -0.25) is 9.69 Å². The smallest absolute Gasteiger partial charge is 0.250 e. The molecule has 0 aliphatic carbocycles. The van der Waals surface area contributed by atoms with Crippen molar-refractivity contribution in [3.05, 3.63) is 35.9 Å². The lowest BCUT2D eigenvalue weighted by molar-refractivity contribution is -0.131. The molecule has 0 radical (unpaired) electrons. The molecule has 0 unspecified atom stereocenters. The maximum atomic E-state index is 11.8. The predicted molar refractivity (Wildman–Crippen MR) is 65.3 cm³/mol. The van der Waals surface area contributed by atoms with Gasteiger partial charge in [-0.15, -0.1) is 0 Å². The molecule has 1 aliphatic rings. The minimum atomic E-state index is -0.442. The molecule has 0 bridgehead atoms. The second-order valence-electron chi connectivity index (χ2n) is 4.29. The Hall–Kier alpha value is -1.39. The quantitative estimate of drug-likeness (QED) is 0.834. The Balaban J connectivity index is 2.31. The van der Waals surface area contributed by atoms with E-state index in [-0.39, 0.29) is 18.2 Å². The van der Waals surface area contributed by atoms with Gasteiger partial charge in [0.1, 0.15) is 6.23 Å². The average molecular weight is 234 g/mol. The van der Waals surface area contributed by atoms with Crippen LogP contribution in [0.3, 0.4) is 0 Å². The van der Waals surface area contributed by atoms with Crippen LogP contribution < -0.4 is 5.32 Å². The number of ether oxygens (including phenoxy) is 1. The fourth-order valence-corrected chi connectivity index (χ4v) is 2.23. The SMILES string of the molecule is CNC(=O)[C@@H]1O[C@@H](C)N(C)[C@@H]1c1ccccc1. The van der Waals surface area contributed by atoms with Gasteiger partial charge in [-0.25, -0.2) is 0 Å². The summed E-state index contributed by atoms with van der Waals surface area (Å²) in [4.78, 5) is 13.9. The summed E-state index contributed by atoms with van der Waals surface area (Å²) in [5.74, 6) is -0.0740. The Morgan fingerprint density at radius 2 is 2.00 bits per heavy atom. The van der Waals surface area contributed by atoms with E-state index in [4.69, 9.17) is 4.74 Å². The summed E-state index contributed by atoms with van der Waals surface area (Å²) < 4.78 is 5.71. The van der Waals surface area contributed by atoms with E-state index >= 15 is 0 Å². The fourth-order valence-electron chi connectivity index (χ4n) is 2.23. The molecular weight excluding hydrogens is 216 g/mol. The molecule has 0 aromatic heterocycles. The van der Waals surface area contributed by atoms with Crippen LogP contribution in [0.1, 0.15) is 18.5 Å². The lowest BCUT2D eigenvalue weighted by atomic mass is 10.0. The van der Waals surface area contributed by atoms with Crippen molar-refractivity contribution in [1.29, 1.82) is 0 Å². The Morgan fingerprint density at radius 3 is 2.59 bits per heavy atom. The van der Waals surface area contributed by atoms with Crippen LogP contribution in [0.2, 0.25) is 0 Å². The third-order valence-corrected chi connectivity index (χ3v) is 3.29. The molecule has 1 fully saturated rings. The summed E-state index contributed by atoms with van der Waals surface area (Å²) in [7, 11) is 3.61. The number of amides is 1. The van der Waals surface area contributed by atoms with E-state index < -0.39 is 6.10 Å². The van der Waals surface area contributed by atoms with Gasteiger partial charge in [0.15, 0.2) is 6.10 Å². The molecular formula is C13H18N2O2. The first-order valence-electron chi connectivity index (χ1n) is 5.79.